The normalized spacial score (nSPS) is 16.9. The van der Waals surface area contributed by atoms with E-state index in [1.807, 2.05) is 32.3 Å². The highest BCUT2D eigenvalue weighted by Crippen LogP contribution is 2.32. The van der Waals surface area contributed by atoms with Crippen LogP contribution in [0.1, 0.15) is 77.0 Å². The van der Waals surface area contributed by atoms with Gasteiger partial charge in [-0.2, -0.15) is 0 Å². The SMILES string of the molecule is C=C/C=C1\C(=C)CCN(C)C1C1=CCCC=C1.CC.CCC.CCNCCc1ccccc1Cc1ccncc1.F. The molecule has 1 unspecified atom stereocenters. The van der Waals surface area contributed by atoms with E-state index >= 15 is 0 Å². The first kappa shape index (κ1) is 37.9. The van der Waals surface area contributed by atoms with Crippen LogP contribution in [0.2, 0.25) is 0 Å². The molecule has 1 aromatic heterocycles. The number of likely N-dealkylation sites (tertiary alicyclic amines) is 1. The molecule has 1 N–H and O–H groups in total. The monoisotopic (exact) mass is 561 g/mol. The molecule has 1 aliphatic carbocycles. The van der Waals surface area contributed by atoms with Gasteiger partial charge in [-0.05, 0) is 97.8 Å². The van der Waals surface area contributed by atoms with Crippen molar-refractivity contribution in [2.24, 2.45) is 0 Å². The molecule has 4 heteroatoms. The van der Waals surface area contributed by atoms with Gasteiger partial charge in [0, 0.05) is 18.9 Å². The van der Waals surface area contributed by atoms with Crippen molar-refractivity contribution in [1.82, 2.24) is 15.2 Å². The van der Waals surface area contributed by atoms with E-state index in [0.717, 1.165) is 45.3 Å². The Balaban J connectivity index is 0.000000662. The third-order valence-electron chi connectivity index (χ3n) is 6.63. The summed E-state index contributed by atoms with van der Waals surface area (Å²) in [6.07, 6.45) is 21.3. The van der Waals surface area contributed by atoms with Crippen LogP contribution in [-0.2, 0) is 12.8 Å². The summed E-state index contributed by atoms with van der Waals surface area (Å²) in [5.41, 5.74) is 8.17. The van der Waals surface area contributed by atoms with Crippen molar-refractivity contribution in [2.45, 2.75) is 79.2 Å². The summed E-state index contributed by atoms with van der Waals surface area (Å²) in [5, 5.41) is 3.38. The maximum Gasteiger partial charge on any atom is 0.0598 e. The zero-order valence-corrected chi connectivity index (χ0v) is 26.7. The average molecular weight is 562 g/mol. The molecule has 0 spiro atoms. The average Bonchev–Trinajstić information content (AvgIpc) is 2.99. The van der Waals surface area contributed by atoms with E-state index in [1.165, 1.54) is 46.3 Å². The first-order valence-corrected chi connectivity index (χ1v) is 15.3. The van der Waals surface area contributed by atoms with E-state index in [1.54, 1.807) is 0 Å². The van der Waals surface area contributed by atoms with Crippen molar-refractivity contribution in [3.05, 3.63) is 126 Å². The minimum Gasteiger partial charge on any atom is -0.317 e. The standard InChI is InChI=1S/C16H20N2.C16H21N.C3H8.C2H6.FH/c1-2-17-12-9-15-5-3-4-6-16(15)13-14-7-10-18-11-8-14;1-4-8-15-13(2)11-12-17(3)16(15)14-9-6-5-7-10-14;1-3-2;1-2;/h3-8,10-11,17H,2,9,12-13H2,1H3;4,6,8-10,16H,1-2,5,7,11-12H2,3H3;3H2,1-2H3;1-2H3;1H/b;15-8+;;;. The Morgan fingerprint density at radius 3 is 2.27 bits per heavy atom. The van der Waals surface area contributed by atoms with Gasteiger partial charge in [0.05, 0.1) is 6.04 Å². The number of hydrogen-bond acceptors (Lipinski definition) is 3. The highest BCUT2D eigenvalue weighted by Gasteiger charge is 2.28. The first-order chi connectivity index (χ1) is 19.5. The van der Waals surface area contributed by atoms with E-state index in [9.17, 15) is 0 Å². The second-order valence-corrected chi connectivity index (χ2v) is 9.89. The van der Waals surface area contributed by atoms with Gasteiger partial charge in [-0.3, -0.25) is 14.6 Å². The molecule has 226 valence electrons. The zero-order valence-electron chi connectivity index (χ0n) is 26.7. The lowest BCUT2D eigenvalue weighted by Gasteiger charge is -2.37. The second kappa shape index (κ2) is 23.6. The highest BCUT2D eigenvalue weighted by molar-refractivity contribution is 5.47. The summed E-state index contributed by atoms with van der Waals surface area (Å²) in [4.78, 5) is 6.47. The lowest BCUT2D eigenvalue weighted by molar-refractivity contribution is 0.287. The fourth-order valence-corrected chi connectivity index (χ4v) is 4.72. The molecule has 4 rings (SSSR count). The predicted octanol–water partition coefficient (Wildman–Crippen LogP) is 9.05. The molecule has 2 aliphatic rings. The smallest absolute Gasteiger partial charge is 0.0598 e. The Hall–Kier alpha value is -3.08. The van der Waals surface area contributed by atoms with Gasteiger partial charge in [-0.15, -0.1) is 0 Å². The van der Waals surface area contributed by atoms with Crippen LogP contribution in [0.15, 0.2) is 109 Å². The minimum atomic E-state index is 0. The van der Waals surface area contributed by atoms with Crippen LogP contribution in [-0.4, -0.2) is 42.6 Å². The Morgan fingerprint density at radius 2 is 1.68 bits per heavy atom. The second-order valence-electron chi connectivity index (χ2n) is 9.89. The lowest BCUT2D eigenvalue weighted by Crippen LogP contribution is -2.40. The third-order valence-corrected chi connectivity index (χ3v) is 6.63. The molecule has 1 saturated heterocycles. The van der Waals surface area contributed by atoms with Crippen LogP contribution < -0.4 is 5.32 Å². The molecule has 1 aliphatic heterocycles. The fourth-order valence-electron chi connectivity index (χ4n) is 4.72. The summed E-state index contributed by atoms with van der Waals surface area (Å²) in [6.45, 7) is 21.6. The number of benzene rings is 1. The first-order valence-electron chi connectivity index (χ1n) is 15.3. The zero-order chi connectivity index (χ0) is 29.6. The number of nitrogens with one attached hydrogen (secondary N) is 1. The molecule has 2 aromatic rings. The lowest BCUT2D eigenvalue weighted by atomic mass is 9.85. The van der Waals surface area contributed by atoms with Crippen molar-refractivity contribution in [1.29, 1.82) is 0 Å². The molecule has 0 amide bonds. The van der Waals surface area contributed by atoms with Gasteiger partial charge in [0.15, 0.2) is 0 Å². The van der Waals surface area contributed by atoms with Crippen LogP contribution in [0.5, 0.6) is 0 Å². The van der Waals surface area contributed by atoms with Crippen molar-refractivity contribution in [3.8, 4) is 0 Å². The third kappa shape index (κ3) is 13.9. The van der Waals surface area contributed by atoms with Crippen molar-refractivity contribution >= 4 is 0 Å². The van der Waals surface area contributed by atoms with Crippen molar-refractivity contribution in [3.63, 3.8) is 0 Å². The topological polar surface area (TPSA) is 28.2 Å². The number of piperidine rings is 1. The Bertz CT molecular complexity index is 1070. The summed E-state index contributed by atoms with van der Waals surface area (Å²) in [7, 11) is 2.19. The number of aromatic nitrogens is 1. The number of halogens is 1. The van der Waals surface area contributed by atoms with Crippen molar-refractivity contribution < 1.29 is 4.70 Å². The van der Waals surface area contributed by atoms with Crippen LogP contribution >= 0.6 is 0 Å². The molecule has 0 saturated carbocycles. The molecule has 1 atom stereocenters. The Kier molecular flexibility index (Phi) is 21.8. The summed E-state index contributed by atoms with van der Waals surface area (Å²) in [5.74, 6) is 0. The van der Waals surface area contributed by atoms with Gasteiger partial charge in [-0.25, -0.2) is 0 Å². The number of hydrogen-bond donors (Lipinski definition) is 1. The van der Waals surface area contributed by atoms with Crippen molar-refractivity contribution in [2.75, 3.05) is 26.7 Å². The van der Waals surface area contributed by atoms with E-state index < -0.39 is 0 Å². The largest absolute Gasteiger partial charge is 0.317 e. The number of nitrogens with zero attached hydrogens (tertiary/aromatic N) is 2. The quantitative estimate of drug-likeness (QED) is 0.326. The van der Waals surface area contributed by atoms with Gasteiger partial charge < -0.3 is 5.32 Å². The Morgan fingerprint density at radius 1 is 1.02 bits per heavy atom. The van der Waals surface area contributed by atoms with Gasteiger partial charge >= 0.3 is 0 Å². The van der Waals surface area contributed by atoms with Gasteiger partial charge in [0.25, 0.3) is 0 Å². The minimum absolute atomic E-state index is 0. The van der Waals surface area contributed by atoms with E-state index in [0.29, 0.717) is 6.04 Å². The van der Waals surface area contributed by atoms with Crippen LogP contribution in [0.25, 0.3) is 0 Å². The van der Waals surface area contributed by atoms with E-state index in [2.05, 4.69) is 117 Å². The highest BCUT2D eigenvalue weighted by atomic mass is 19.0. The van der Waals surface area contributed by atoms with Crippen LogP contribution in [0.3, 0.4) is 0 Å². The molecule has 3 nitrogen and oxygen atoms in total. The number of allylic oxidation sites excluding steroid dienone is 4. The summed E-state index contributed by atoms with van der Waals surface area (Å²) >= 11 is 0. The predicted molar refractivity (Wildman–Crippen MR) is 180 cm³/mol. The molecule has 41 heavy (non-hydrogen) atoms. The molecule has 1 aromatic carbocycles. The number of likely N-dealkylation sites (N-methyl/N-ethyl adjacent to an activating group) is 2. The van der Waals surface area contributed by atoms with Gasteiger partial charge in [0.1, 0.15) is 0 Å². The molecular formula is C37H56FN3. The van der Waals surface area contributed by atoms with Gasteiger partial charge in [-0.1, -0.05) is 109 Å². The van der Waals surface area contributed by atoms with E-state index in [-0.39, 0.29) is 4.70 Å². The Labute approximate surface area is 251 Å². The number of pyridine rings is 1. The summed E-state index contributed by atoms with van der Waals surface area (Å²) < 4.78 is 0. The van der Waals surface area contributed by atoms with E-state index in [4.69, 9.17) is 0 Å². The fraction of sp³-hybridized carbons (Fsp3) is 0.432. The van der Waals surface area contributed by atoms with Crippen LogP contribution in [0, 0.1) is 0 Å². The van der Waals surface area contributed by atoms with Gasteiger partial charge in [0.2, 0.25) is 0 Å². The number of rotatable bonds is 8. The maximum atomic E-state index is 4.20. The van der Waals surface area contributed by atoms with Crippen LogP contribution in [0.4, 0.5) is 4.70 Å². The summed E-state index contributed by atoms with van der Waals surface area (Å²) in [6, 6.07) is 13.2. The molecule has 0 bridgehead atoms. The molecular weight excluding hydrogens is 505 g/mol. The molecule has 2 heterocycles. The molecule has 1 fully saturated rings. The molecule has 0 radical (unpaired) electrons. The maximum absolute atomic E-state index is 4.20.